The highest BCUT2D eigenvalue weighted by molar-refractivity contribution is 5.94. The van der Waals surface area contributed by atoms with Crippen LogP contribution in [0.25, 0.3) is 0 Å². The first-order valence-corrected chi connectivity index (χ1v) is 4.86. The Labute approximate surface area is 93.3 Å². The van der Waals surface area contributed by atoms with Crippen molar-refractivity contribution >= 4 is 11.9 Å². The molecule has 1 aromatic rings. The van der Waals surface area contributed by atoms with Gasteiger partial charge in [-0.1, -0.05) is 18.2 Å². The monoisotopic (exact) mass is 222 g/mol. The highest BCUT2D eigenvalue weighted by atomic mass is 16.4. The number of nitrogens with one attached hydrogen (secondary N) is 1. The summed E-state index contributed by atoms with van der Waals surface area (Å²) in [6.45, 7) is 1.84. The number of primary amides is 1. The minimum Gasteiger partial charge on any atom is -0.480 e. The van der Waals surface area contributed by atoms with E-state index in [1.54, 1.807) is 24.3 Å². The number of aliphatic carboxylic acids is 1. The predicted octanol–water partition coefficient (Wildman–Crippen LogP) is 0.348. The maximum atomic E-state index is 11.1. The van der Waals surface area contributed by atoms with Crippen LogP contribution in [0.2, 0.25) is 0 Å². The Kier molecular flexibility index (Phi) is 4.02. The van der Waals surface area contributed by atoms with Gasteiger partial charge in [-0.05, 0) is 18.6 Å². The maximum Gasteiger partial charge on any atom is 0.320 e. The van der Waals surface area contributed by atoms with E-state index in [9.17, 15) is 9.59 Å². The Morgan fingerprint density at radius 3 is 2.62 bits per heavy atom. The molecular formula is C11H14N2O3. The number of carboxylic acids is 1. The van der Waals surface area contributed by atoms with Crippen LogP contribution in [0.5, 0.6) is 0 Å². The van der Waals surface area contributed by atoms with E-state index >= 15 is 0 Å². The first kappa shape index (κ1) is 12.2. The number of benzene rings is 1. The van der Waals surface area contributed by atoms with E-state index in [2.05, 4.69) is 5.32 Å². The van der Waals surface area contributed by atoms with Crippen LogP contribution in [0, 0.1) is 0 Å². The molecule has 16 heavy (non-hydrogen) atoms. The molecule has 5 nitrogen and oxygen atoms in total. The summed E-state index contributed by atoms with van der Waals surface area (Å²) in [6.07, 6.45) is 0. The smallest absolute Gasteiger partial charge is 0.320 e. The lowest BCUT2D eigenvalue weighted by molar-refractivity contribution is -0.139. The van der Waals surface area contributed by atoms with E-state index in [0.717, 1.165) is 0 Å². The minimum atomic E-state index is -0.934. The van der Waals surface area contributed by atoms with Crippen molar-refractivity contribution < 1.29 is 14.7 Å². The van der Waals surface area contributed by atoms with Gasteiger partial charge in [0.1, 0.15) is 6.04 Å². The Balaban J connectivity index is 2.74. The number of hydrogen-bond acceptors (Lipinski definition) is 3. The van der Waals surface area contributed by atoms with Gasteiger partial charge in [-0.25, -0.2) is 0 Å². The van der Waals surface area contributed by atoms with Gasteiger partial charge in [0.25, 0.3) is 0 Å². The van der Waals surface area contributed by atoms with Gasteiger partial charge in [0.15, 0.2) is 0 Å². The summed E-state index contributed by atoms with van der Waals surface area (Å²) in [5, 5.41) is 11.5. The van der Waals surface area contributed by atoms with Crippen LogP contribution in [0.1, 0.15) is 22.8 Å². The summed E-state index contributed by atoms with van der Waals surface area (Å²) in [6, 6.07) is 6.17. The van der Waals surface area contributed by atoms with E-state index < -0.39 is 17.9 Å². The Morgan fingerprint density at radius 1 is 1.44 bits per heavy atom. The minimum absolute atomic E-state index is 0.298. The van der Waals surface area contributed by atoms with Gasteiger partial charge in [-0.15, -0.1) is 0 Å². The molecule has 1 atom stereocenters. The molecular weight excluding hydrogens is 208 g/mol. The molecule has 1 aromatic carbocycles. The number of carbonyl (C=O) groups is 2. The predicted molar refractivity (Wildman–Crippen MR) is 58.9 cm³/mol. The molecule has 0 saturated heterocycles. The van der Waals surface area contributed by atoms with Crippen LogP contribution < -0.4 is 11.1 Å². The van der Waals surface area contributed by atoms with E-state index in [-0.39, 0.29) is 0 Å². The van der Waals surface area contributed by atoms with Crippen LogP contribution >= 0.6 is 0 Å². The van der Waals surface area contributed by atoms with E-state index in [1.165, 1.54) is 6.92 Å². The molecule has 0 aliphatic carbocycles. The Morgan fingerprint density at radius 2 is 2.06 bits per heavy atom. The molecule has 1 rings (SSSR count). The molecule has 0 unspecified atom stereocenters. The van der Waals surface area contributed by atoms with Crippen molar-refractivity contribution in [3.05, 3.63) is 35.4 Å². The van der Waals surface area contributed by atoms with Gasteiger partial charge in [-0.3, -0.25) is 9.59 Å². The third-order valence-electron chi connectivity index (χ3n) is 2.25. The lowest BCUT2D eigenvalue weighted by Crippen LogP contribution is -2.33. The summed E-state index contributed by atoms with van der Waals surface area (Å²) in [4.78, 5) is 21.7. The second-order valence-electron chi connectivity index (χ2n) is 3.46. The summed E-state index contributed by atoms with van der Waals surface area (Å²) in [7, 11) is 0. The molecule has 0 heterocycles. The number of amides is 1. The largest absolute Gasteiger partial charge is 0.480 e. The Hall–Kier alpha value is -1.88. The molecule has 0 bridgehead atoms. The zero-order valence-electron chi connectivity index (χ0n) is 8.93. The van der Waals surface area contributed by atoms with E-state index in [0.29, 0.717) is 17.7 Å². The second kappa shape index (κ2) is 5.27. The van der Waals surface area contributed by atoms with Crippen molar-refractivity contribution in [1.82, 2.24) is 5.32 Å². The third kappa shape index (κ3) is 3.06. The van der Waals surface area contributed by atoms with Crippen LogP contribution in [-0.2, 0) is 11.3 Å². The number of rotatable bonds is 5. The molecule has 4 N–H and O–H groups in total. The fraction of sp³-hybridized carbons (Fsp3) is 0.273. The molecule has 0 aliphatic heterocycles. The van der Waals surface area contributed by atoms with Crippen LogP contribution in [0.4, 0.5) is 0 Å². The topological polar surface area (TPSA) is 92.4 Å². The van der Waals surface area contributed by atoms with Gasteiger partial charge >= 0.3 is 5.97 Å². The first-order valence-electron chi connectivity index (χ1n) is 4.86. The van der Waals surface area contributed by atoms with Crippen molar-refractivity contribution in [1.29, 1.82) is 0 Å². The second-order valence-corrected chi connectivity index (χ2v) is 3.46. The lowest BCUT2D eigenvalue weighted by atomic mass is 10.1. The summed E-state index contributed by atoms with van der Waals surface area (Å²) in [5.41, 5.74) is 6.30. The number of carbonyl (C=O) groups excluding carboxylic acids is 1. The number of hydrogen-bond donors (Lipinski definition) is 3. The van der Waals surface area contributed by atoms with Crippen molar-refractivity contribution in [2.45, 2.75) is 19.5 Å². The van der Waals surface area contributed by atoms with Crippen molar-refractivity contribution in [2.75, 3.05) is 0 Å². The third-order valence-corrected chi connectivity index (χ3v) is 2.25. The molecule has 86 valence electrons. The van der Waals surface area contributed by atoms with E-state index in [4.69, 9.17) is 10.8 Å². The average Bonchev–Trinajstić information content (AvgIpc) is 2.25. The van der Waals surface area contributed by atoms with Crippen LogP contribution in [0.15, 0.2) is 24.3 Å². The van der Waals surface area contributed by atoms with Gasteiger partial charge in [0.2, 0.25) is 5.91 Å². The van der Waals surface area contributed by atoms with Gasteiger partial charge < -0.3 is 16.2 Å². The van der Waals surface area contributed by atoms with Crippen molar-refractivity contribution in [3.8, 4) is 0 Å². The number of nitrogens with two attached hydrogens (primary N) is 1. The maximum absolute atomic E-state index is 11.1. The average molecular weight is 222 g/mol. The van der Waals surface area contributed by atoms with Gasteiger partial charge in [0.05, 0.1) is 0 Å². The lowest BCUT2D eigenvalue weighted by Gasteiger charge is -2.11. The molecule has 1 amide bonds. The van der Waals surface area contributed by atoms with Crippen molar-refractivity contribution in [3.63, 3.8) is 0 Å². The SMILES string of the molecule is C[C@H](NCc1ccccc1C(N)=O)C(=O)O. The van der Waals surface area contributed by atoms with Crippen LogP contribution in [-0.4, -0.2) is 23.0 Å². The molecule has 0 aromatic heterocycles. The van der Waals surface area contributed by atoms with Crippen molar-refractivity contribution in [2.24, 2.45) is 5.73 Å². The zero-order chi connectivity index (χ0) is 12.1. The zero-order valence-corrected chi connectivity index (χ0v) is 8.93. The highest BCUT2D eigenvalue weighted by Gasteiger charge is 2.12. The Bertz CT molecular complexity index is 404. The molecule has 0 spiro atoms. The summed E-state index contributed by atoms with van der Waals surface area (Å²) >= 11 is 0. The highest BCUT2D eigenvalue weighted by Crippen LogP contribution is 2.07. The standard InChI is InChI=1S/C11H14N2O3/c1-7(11(15)16)13-6-8-4-2-3-5-9(8)10(12)14/h2-5,7,13H,6H2,1H3,(H2,12,14)(H,15,16)/t7-/m0/s1. The fourth-order valence-corrected chi connectivity index (χ4v) is 1.27. The van der Waals surface area contributed by atoms with E-state index in [1.807, 2.05) is 0 Å². The number of carboxylic acid groups (broad SMARTS) is 1. The molecule has 0 fully saturated rings. The van der Waals surface area contributed by atoms with Gasteiger partial charge in [-0.2, -0.15) is 0 Å². The molecule has 5 heteroatoms. The summed E-state index contributed by atoms with van der Waals surface area (Å²) in [5.74, 6) is -1.45. The van der Waals surface area contributed by atoms with Crippen LogP contribution in [0.3, 0.4) is 0 Å². The molecule has 0 radical (unpaired) electrons. The first-order chi connectivity index (χ1) is 7.52. The fourth-order valence-electron chi connectivity index (χ4n) is 1.27. The molecule has 0 aliphatic rings. The normalized spacial score (nSPS) is 12.1. The van der Waals surface area contributed by atoms with Gasteiger partial charge in [0, 0.05) is 12.1 Å². The molecule has 0 saturated carbocycles. The quantitative estimate of drug-likeness (QED) is 0.670. The summed E-state index contributed by atoms with van der Waals surface area (Å²) < 4.78 is 0.